The predicted octanol–water partition coefficient (Wildman–Crippen LogP) is 22.8. The summed E-state index contributed by atoms with van der Waals surface area (Å²) in [4.78, 5) is 105. The molecule has 8 aliphatic carbocycles. The molecule has 0 saturated heterocycles. The summed E-state index contributed by atoms with van der Waals surface area (Å²) >= 11 is 12.9. The van der Waals surface area contributed by atoms with Gasteiger partial charge in [0.2, 0.25) is 11.7 Å². The Kier molecular flexibility index (Phi) is 49.6. The maximum absolute atomic E-state index is 12.4. The van der Waals surface area contributed by atoms with E-state index in [-0.39, 0.29) is 126 Å². The van der Waals surface area contributed by atoms with Gasteiger partial charge in [-0.2, -0.15) is 65.0 Å². The number of Topliss-reactive ketones (excluding diaryl/α,β-unsaturated/α-hetero) is 1. The molecule has 3 unspecified atom stereocenters. The number of aliphatic carboxylic acids is 1. The fraction of sp³-hybridized carbons (Fsp3) is 0.629. The third-order valence-electron chi connectivity index (χ3n) is 28.7. The van der Waals surface area contributed by atoms with Crippen molar-refractivity contribution in [3.63, 3.8) is 0 Å². The highest BCUT2D eigenvalue weighted by Gasteiger charge is 2.44. The standard InChI is InChI=1S/C21H26Cl2N4O3.C20H22F3N3O3.C16H23F3N4O3.C11H15F3N4O.C10H17N3.C10H15NO.C9H16O2.C8H14O2/c1-4-19(28)25-14-8-6-5-7-12(14)15-9-18(27-26-15)24-11-13-20(22)16(29-2)10-17(30-3)21(13)23;21-20(22,23)19(28)24-17-11-16(25-26-17)15-9-5-4-8-14(15)10-18(27)29-12-13-6-2-1-3-7-13;1-15(2,3)26-14(25)20-10-7-5-4-6-9(10)11-8-12(23-22-11)21-13(24)16(17,18)19;12-11(13,14)10(19)16-9-5-8(17-18-9)6-3-1-2-4-7(6)15;1-7-4-2-3-5-8(7)9-6-10(11)13-12-9;1-8-5-3-4-6-9(8)10(12)7-11-2;1-7-5-3-4-6-8(7)9(10)11-2;1-6-4-2-3-5-7(6)8(9)10/h4,9-10,12,14H,1,5-8,11H2,2-3H3,(H,25,28)(H2,24,26,27);1-3,6-7,11,14-15H,4-5,8-10,12H2,(H2,24,25,26,28);8-10H,4-7H2,1-3H3,(H,20,25)(H2,21,22,23,24);5-7H,1-4,15H2,(H2,16,17,18,19);6-8H,2-5H2,1H3,(H3,11,12,13);8-9H,3-7H2,1H3;7-8H,3-6H2,1-2H3;6-7H,2-5H2,1H3,(H,9,10)/t12-,14-;14-,15+;9-,10-;6-,7-;7-,8-;8-,9?;7-,8?;6-,7?/m10111111/s1. The number of halogens is 11. The van der Waals surface area contributed by atoms with Gasteiger partial charge in [0.15, 0.2) is 17.5 Å². The van der Waals surface area contributed by atoms with Crippen molar-refractivity contribution in [3.05, 3.63) is 140 Å². The number of hydrogen-bond acceptors (Lipinski definition) is 22. The number of hydrogen-bond donors (Lipinski definition) is 14. The highest BCUT2D eigenvalue weighted by atomic mass is 35.5. The number of benzene rings is 2. The second kappa shape index (κ2) is 60.3. The number of nitrogens with one attached hydrogen (secondary N) is 11. The Balaban J connectivity index is 0.000000215. The molecular weight excluding hydrogens is 2010 g/mol. The predicted molar refractivity (Wildman–Crippen MR) is 551 cm³/mol. The summed E-state index contributed by atoms with van der Waals surface area (Å²) in [5.74, 6) is -2.19. The second-order valence-corrected chi connectivity index (χ2v) is 41.5. The van der Waals surface area contributed by atoms with Crippen LogP contribution >= 0.6 is 23.2 Å². The van der Waals surface area contributed by atoms with Crippen molar-refractivity contribution in [3.8, 4) is 11.5 Å². The van der Waals surface area contributed by atoms with Gasteiger partial charge in [-0.3, -0.25) is 63.8 Å². The first-order chi connectivity index (χ1) is 71.1. The number of nitrogen functional groups attached to an aromatic ring is 1. The van der Waals surface area contributed by atoms with Crippen molar-refractivity contribution in [2.75, 3.05) is 54.9 Å². The smallest absolute Gasteiger partial charge is 0.471 e. The summed E-state index contributed by atoms with van der Waals surface area (Å²) in [6, 6.07) is 18.9. The zero-order valence-corrected chi connectivity index (χ0v) is 88.5. The summed E-state index contributed by atoms with van der Waals surface area (Å²) in [7, 11) is 4.55. The molecule has 5 aromatic heterocycles. The Bertz CT molecular complexity index is 5440. The molecule has 150 heavy (non-hydrogen) atoms. The summed E-state index contributed by atoms with van der Waals surface area (Å²) in [5, 5.41) is 57.5. The number of carboxylic acids is 1. The number of alkyl halides is 9. The van der Waals surface area contributed by atoms with E-state index in [2.05, 4.69) is 99.1 Å². The zero-order chi connectivity index (χ0) is 110. The van der Waals surface area contributed by atoms with Gasteiger partial charge in [0.25, 0.3) is 6.54 Å². The minimum Gasteiger partial charge on any atom is -0.495 e. The molecule has 15 rings (SSSR count). The molecule has 0 spiro atoms. The number of amides is 5. The average Bonchev–Trinajstić information content (AvgIpc) is 1.79. The van der Waals surface area contributed by atoms with Crippen LogP contribution in [0.5, 0.6) is 11.5 Å². The minimum absolute atomic E-state index is 0.00126. The van der Waals surface area contributed by atoms with Gasteiger partial charge in [-0.05, 0) is 152 Å². The lowest BCUT2D eigenvalue weighted by Crippen LogP contribution is -2.43. The number of rotatable bonds is 24. The molecule has 2 aromatic carbocycles. The van der Waals surface area contributed by atoms with Gasteiger partial charge >= 0.3 is 60.3 Å². The average molecular weight is 2160 g/mol. The number of methoxy groups -OCH3 is 3. The van der Waals surface area contributed by atoms with Crippen LogP contribution in [0.2, 0.25) is 10.0 Å². The van der Waals surface area contributed by atoms with Crippen LogP contribution in [0.15, 0.2) is 79.4 Å². The first-order valence-corrected chi connectivity index (χ1v) is 52.4. The first kappa shape index (κ1) is 123. The van der Waals surface area contributed by atoms with E-state index in [0.29, 0.717) is 92.5 Å². The number of anilines is 5. The molecule has 45 heteroatoms. The lowest BCUT2D eigenvalue weighted by atomic mass is 9.76. The number of ketones is 1. The molecule has 8 aliphatic rings. The van der Waals surface area contributed by atoms with Crippen LogP contribution in [0.3, 0.4) is 0 Å². The minimum atomic E-state index is -4.98. The number of carboxylic acid groups (broad SMARTS) is 1. The van der Waals surface area contributed by atoms with Crippen LogP contribution in [-0.2, 0) is 65.7 Å². The number of aromatic nitrogens is 10. The molecule has 5 heterocycles. The normalized spacial score (nSPS) is 23.6. The van der Waals surface area contributed by atoms with E-state index >= 15 is 0 Å². The van der Waals surface area contributed by atoms with Gasteiger partial charge < -0.3 is 77.0 Å². The molecule has 34 nitrogen and oxygen atoms in total. The number of H-pyrrole nitrogens is 5. The molecule has 0 radical (unpaired) electrons. The first-order valence-electron chi connectivity index (χ1n) is 51.7. The molecule has 5 amide bonds. The number of carbonyl (C=O) groups excluding carboxylic acids is 8. The highest BCUT2D eigenvalue weighted by Crippen LogP contribution is 2.45. The topological polar surface area (TPSA) is 492 Å². The van der Waals surface area contributed by atoms with Crippen LogP contribution in [0.25, 0.3) is 4.85 Å². The quantitative estimate of drug-likeness (QED) is 0.00878. The van der Waals surface area contributed by atoms with E-state index in [9.17, 15) is 82.7 Å². The van der Waals surface area contributed by atoms with E-state index in [4.69, 9.17) is 70.0 Å². The van der Waals surface area contributed by atoms with E-state index in [1.54, 1.807) is 42.8 Å². The van der Waals surface area contributed by atoms with Crippen LogP contribution in [-0.4, -0.2) is 180 Å². The number of nitrogens with two attached hydrogens (primary N) is 2. The van der Waals surface area contributed by atoms with Gasteiger partial charge in [0.05, 0.1) is 43.2 Å². The lowest BCUT2D eigenvalue weighted by Gasteiger charge is -2.32. The summed E-state index contributed by atoms with van der Waals surface area (Å²) < 4.78 is 136. The molecule has 8 saturated carbocycles. The number of aromatic amines is 5. The molecular formula is C105H148Cl2F9N19O15. The molecule has 8 fully saturated rings. The van der Waals surface area contributed by atoms with Gasteiger partial charge in [-0.15, -0.1) is 0 Å². The van der Waals surface area contributed by atoms with E-state index in [1.165, 1.54) is 116 Å². The second-order valence-electron chi connectivity index (χ2n) is 40.7. The number of alkyl carbamates (subject to hydrolysis) is 1. The Labute approximate surface area is 879 Å². The van der Waals surface area contributed by atoms with E-state index in [1.807, 2.05) is 49.4 Å². The van der Waals surface area contributed by atoms with E-state index < -0.39 is 53.9 Å². The van der Waals surface area contributed by atoms with Gasteiger partial charge in [-0.1, -0.05) is 203 Å². The van der Waals surface area contributed by atoms with Crippen LogP contribution in [0, 0.1) is 53.9 Å². The lowest BCUT2D eigenvalue weighted by molar-refractivity contribution is -0.167. The summed E-state index contributed by atoms with van der Waals surface area (Å²) in [6.45, 7) is 24.7. The van der Waals surface area contributed by atoms with Crippen molar-refractivity contribution in [2.24, 2.45) is 53.1 Å². The number of carbonyl (C=O) groups is 9. The van der Waals surface area contributed by atoms with Crippen molar-refractivity contribution in [2.45, 2.75) is 345 Å². The number of nitrogens with zero attached hydrogens (tertiary/aromatic N) is 6. The van der Waals surface area contributed by atoms with Gasteiger partial charge in [0, 0.05) is 137 Å². The van der Waals surface area contributed by atoms with Crippen molar-refractivity contribution < 1.29 is 111 Å². The zero-order valence-electron chi connectivity index (χ0n) is 87.0. The third kappa shape index (κ3) is 40.0. The van der Waals surface area contributed by atoms with Gasteiger partial charge in [0.1, 0.15) is 35.3 Å². The highest BCUT2D eigenvalue weighted by molar-refractivity contribution is 6.38. The maximum Gasteiger partial charge on any atom is 0.471 e. The van der Waals surface area contributed by atoms with Crippen LogP contribution < -0.4 is 52.8 Å². The molecule has 0 bridgehead atoms. The number of ether oxygens (including phenoxy) is 5. The number of esters is 2. The fourth-order valence-corrected chi connectivity index (χ4v) is 21.1. The van der Waals surface area contributed by atoms with Crippen molar-refractivity contribution >= 4 is 106 Å². The fourth-order valence-electron chi connectivity index (χ4n) is 20.5. The molecule has 16 N–H and O–H groups in total. The summed E-state index contributed by atoms with van der Waals surface area (Å²) in [6.07, 6.45) is 19.7. The molecule has 0 aliphatic heterocycles. The van der Waals surface area contributed by atoms with E-state index in [0.717, 1.165) is 152 Å². The SMILES string of the molecule is C=CC(=O)N[C@@H]1CCCC[C@H]1c1cc(NCc2c(Cl)c(OC)cc(OC)c2Cl)n[nH]1.CC(C)(C)OC(=O)N[C@@H]1CCCC[C@H]1c1cc(NC(=O)C(F)(F)F)n[nH]1.COC(=O)C1CCCC[C@H]1C.C[C@@H]1CCCCC1C(=O)O.C[C@@H]1CCCC[C@H]1c1cc(N)n[nH]1.N[C@@H]1CCCC[C@H]1c1cc(NC(=O)C(F)(F)F)n[nH]1.O=C(C[C@@H]1CCCC[C@H]1c1cc(NC(=O)C(F)(F)F)n[nH]1)OCc1ccccc1.[C-]#[N+]CC(=O)C1CCCC[C@H]1C. The summed E-state index contributed by atoms with van der Waals surface area (Å²) in [5.41, 5.74) is 16.5. The monoisotopic (exact) mass is 2160 g/mol. The Hall–Kier alpha value is -11.9. The Morgan fingerprint density at radius 3 is 1.31 bits per heavy atom. The third-order valence-corrected chi connectivity index (χ3v) is 29.5. The maximum atomic E-state index is 12.4. The molecule has 16 atom stereocenters. The Morgan fingerprint density at radius 1 is 0.493 bits per heavy atom. The largest absolute Gasteiger partial charge is 0.495 e. The van der Waals surface area contributed by atoms with Gasteiger partial charge in [-0.25, -0.2) is 11.4 Å². The van der Waals surface area contributed by atoms with Crippen LogP contribution in [0.4, 0.5) is 73.4 Å². The van der Waals surface area contributed by atoms with Crippen molar-refractivity contribution in [1.29, 1.82) is 0 Å². The Morgan fingerprint density at radius 2 is 0.887 bits per heavy atom. The molecule has 7 aromatic rings. The van der Waals surface area contributed by atoms with Crippen molar-refractivity contribution in [1.82, 2.24) is 61.6 Å². The molecule has 830 valence electrons. The van der Waals surface area contributed by atoms with Crippen LogP contribution in [0.1, 0.15) is 330 Å².